The van der Waals surface area contributed by atoms with Gasteiger partial charge in [0.25, 0.3) is 0 Å². The van der Waals surface area contributed by atoms with E-state index in [4.69, 9.17) is 10.2 Å². The largest absolute Gasteiger partial charge is 0.360 e. The molecular weight excluding hydrogens is 151 g/mol. The van der Waals surface area contributed by atoms with Gasteiger partial charge >= 0.3 is 0 Å². The van der Waals surface area contributed by atoms with Crippen LogP contribution >= 0.6 is 30.2 Å². The van der Waals surface area contributed by atoms with Crippen LogP contribution in [-0.2, 0) is 0 Å². The maximum absolute atomic E-state index is 8.33. The number of thiol groups is 2. The highest BCUT2D eigenvalue weighted by molar-refractivity contribution is 8.85. The van der Waals surface area contributed by atoms with Crippen LogP contribution in [0.5, 0.6) is 0 Å². The molecule has 0 heterocycles. The van der Waals surface area contributed by atoms with E-state index < -0.39 is 5.67 Å². The summed E-state index contributed by atoms with van der Waals surface area (Å²) in [4.78, 5) is 0. The zero-order valence-electron chi connectivity index (χ0n) is 3.65. The third-order valence-electron chi connectivity index (χ3n) is 0.453. The molecule has 0 saturated heterocycles. The van der Waals surface area contributed by atoms with Crippen molar-refractivity contribution < 1.29 is 10.2 Å². The molecule has 2 nitrogen and oxygen atoms in total. The van der Waals surface area contributed by atoms with Gasteiger partial charge in [-0.15, -0.1) is 0 Å². The Bertz CT molecular complexity index is 51.7. The minimum Gasteiger partial charge on any atom is -0.360 e. The molecule has 7 heavy (non-hydrogen) atoms. The summed E-state index contributed by atoms with van der Waals surface area (Å²) in [6.07, 6.45) is -0.231. The molecular formula is C2H8O2PS2+. The number of aliphatic hydroxyl groups excluding tert-OH is 2. The van der Waals surface area contributed by atoms with E-state index in [9.17, 15) is 0 Å². The molecule has 0 fully saturated rings. The van der Waals surface area contributed by atoms with Crippen molar-refractivity contribution in [2.75, 3.05) is 12.7 Å². The Balaban J connectivity index is 3.36. The third-order valence-corrected chi connectivity index (χ3v) is 2.88. The van der Waals surface area contributed by atoms with Gasteiger partial charge in [0.05, 0.1) is 0 Å². The van der Waals surface area contributed by atoms with E-state index in [-0.39, 0.29) is 12.7 Å². The number of hydrogen-bond acceptors (Lipinski definition) is 4. The Morgan fingerprint density at radius 1 is 1.14 bits per heavy atom. The highest BCUT2D eigenvalue weighted by atomic mass is 33.1. The number of rotatable bonds is 2. The first-order valence-corrected chi connectivity index (χ1v) is 6.13. The molecule has 0 atom stereocenters. The molecule has 0 aromatic carbocycles. The zero-order valence-corrected chi connectivity index (χ0v) is 6.33. The molecule has 0 spiro atoms. The van der Waals surface area contributed by atoms with Crippen LogP contribution in [0.2, 0.25) is 0 Å². The first kappa shape index (κ1) is 8.05. The van der Waals surface area contributed by atoms with Crippen molar-refractivity contribution in [1.82, 2.24) is 0 Å². The Morgan fingerprint density at radius 3 is 1.43 bits per heavy atom. The molecule has 0 aliphatic heterocycles. The van der Waals surface area contributed by atoms with Crippen molar-refractivity contribution in [2.24, 2.45) is 0 Å². The molecule has 0 aromatic rings. The SMILES string of the molecule is OC[P+](S)(S)CO. The van der Waals surface area contributed by atoms with Crippen molar-refractivity contribution in [2.45, 2.75) is 0 Å². The maximum Gasteiger partial charge on any atom is 0.178 e. The second kappa shape index (κ2) is 3.15. The molecule has 0 amide bonds. The minimum atomic E-state index is -1.90. The van der Waals surface area contributed by atoms with E-state index >= 15 is 0 Å². The summed E-state index contributed by atoms with van der Waals surface area (Å²) >= 11 is 7.72. The fourth-order valence-corrected chi connectivity index (χ4v) is 0.134. The van der Waals surface area contributed by atoms with Crippen molar-refractivity contribution in [3.8, 4) is 0 Å². The van der Waals surface area contributed by atoms with Crippen molar-refractivity contribution in [3.63, 3.8) is 0 Å². The average Bonchev–Trinajstić information content (AvgIpc) is 1.68. The Hall–Kier alpha value is 1.05. The maximum atomic E-state index is 8.33. The highest BCUT2D eigenvalue weighted by Gasteiger charge is 2.26. The molecule has 5 heteroatoms. The van der Waals surface area contributed by atoms with Gasteiger partial charge in [0.2, 0.25) is 0 Å². The van der Waals surface area contributed by atoms with Crippen molar-refractivity contribution >= 4 is 30.2 Å². The Labute approximate surface area is 53.6 Å². The monoisotopic (exact) mass is 159 g/mol. The molecule has 0 unspecified atom stereocenters. The lowest BCUT2D eigenvalue weighted by Gasteiger charge is -2.03. The van der Waals surface area contributed by atoms with Crippen LogP contribution < -0.4 is 0 Å². The third kappa shape index (κ3) is 3.62. The van der Waals surface area contributed by atoms with E-state index in [1.807, 2.05) is 0 Å². The van der Waals surface area contributed by atoms with Gasteiger partial charge in [-0.3, -0.25) is 0 Å². The summed E-state index contributed by atoms with van der Waals surface area (Å²) in [5.74, 6) is 0. The summed E-state index contributed by atoms with van der Waals surface area (Å²) in [6, 6.07) is 0. The van der Waals surface area contributed by atoms with Crippen LogP contribution in [0.15, 0.2) is 0 Å². The molecule has 44 valence electrons. The average molecular weight is 159 g/mol. The summed E-state index contributed by atoms with van der Waals surface area (Å²) in [5.41, 5.74) is -1.90. The normalized spacial score (nSPS) is 12.0. The predicted molar refractivity (Wildman–Crippen MR) is 39.1 cm³/mol. The van der Waals surface area contributed by atoms with E-state index in [0.29, 0.717) is 0 Å². The fourth-order valence-electron chi connectivity index (χ4n) is 0.0447. The molecule has 0 aromatic heterocycles. The molecule has 0 rings (SSSR count). The first-order valence-electron chi connectivity index (χ1n) is 1.66. The molecule has 0 radical (unpaired) electrons. The minimum absolute atomic E-state index is 0.115. The van der Waals surface area contributed by atoms with Gasteiger partial charge in [-0.25, -0.2) is 0 Å². The van der Waals surface area contributed by atoms with Crippen LogP contribution in [0.3, 0.4) is 0 Å². The summed E-state index contributed by atoms with van der Waals surface area (Å²) in [7, 11) is 0. The standard InChI is InChI=1S/C2H8O2PS2/c3-1-5(6,7)2-4/h3-4,6-7H,1-2H2/q+1. The van der Waals surface area contributed by atoms with Crippen molar-refractivity contribution in [1.29, 1.82) is 0 Å². The lowest BCUT2D eigenvalue weighted by atomic mass is 11.7. The van der Waals surface area contributed by atoms with Crippen molar-refractivity contribution in [3.05, 3.63) is 0 Å². The van der Waals surface area contributed by atoms with Crippen LogP contribution in [-0.4, -0.2) is 22.9 Å². The van der Waals surface area contributed by atoms with Gasteiger partial charge in [-0.1, -0.05) is 0 Å². The molecule has 0 aliphatic rings. The summed E-state index contributed by atoms with van der Waals surface area (Å²) < 4.78 is 0. The first-order chi connectivity index (χ1) is 3.12. The van der Waals surface area contributed by atoms with Gasteiger partial charge in [-0.05, 0) is 0 Å². The second-order valence-corrected chi connectivity index (χ2v) is 9.03. The highest BCUT2D eigenvalue weighted by Crippen LogP contribution is 2.66. The van der Waals surface area contributed by atoms with E-state index in [1.54, 1.807) is 0 Å². The topological polar surface area (TPSA) is 40.5 Å². The lowest BCUT2D eigenvalue weighted by Crippen LogP contribution is -1.87. The fraction of sp³-hybridized carbons (Fsp3) is 1.00. The quantitative estimate of drug-likeness (QED) is 0.352. The predicted octanol–water partition coefficient (Wildman–Crippen LogP) is 0.593. The van der Waals surface area contributed by atoms with E-state index in [1.165, 1.54) is 0 Å². The number of aliphatic hydroxyl groups is 2. The van der Waals surface area contributed by atoms with Gasteiger partial charge in [-0.2, -0.15) is 0 Å². The van der Waals surface area contributed by atoms with Crippen LogP contribution in [0.25, 0.3) is 0 Å². The lowest BCUT2D eigenvalue weighted by molar-refractivity contribution is 0.346. The van der Waals surface area contributed by atoms with Crippen LogP contribution in [0.1, 0.15) is 0 Å². The van der Waals surface area contributed by atoms with E-state index in [0.717, 1.165) is 0 Å². The number of hydrogen-bond donors (Lipinski definition) is 4. The van der Waals surface area contributed by atoms with Gasteiger partial charge in [0.1, 0.15) is 0 Å². The molecule has 0 bridgehead atoms. The van der Waals surface area contributed by atoms with Crippen LogP contribution in [0, 0.1) is 0 Å². The molecule has 0 saturated carbocycles. The Kier molecular flexibility index (Phi) is 3.62. The summed E-state index contributed by atoms with van der Waals surface area (Å²) in [6.45, 7) is 0. The summed E-state index contributed by atoms with van der Waals surface area (Å²) in [5, 5.41) is 16.7. The van der Waals surface area contributed by atoms with Gasteiger partial charge in [0.15, 0.2) is 18.4 Å². The second-order valence-electron chi connectivity index (χ2n) is 1.16. The Morgan fingerprint density at radius 2 is 1.43 bits per heavy atom. The van der Waals surface area contributed by atoms with Gasteiger partial charge in [0, 0.05) is 24.5 Å². The molecule has 2 N–H and O–H groups in total. The van der Waals surface area contributed by atoms with E-state index in [2.05, 4.69) is 24.5 Å². The zero-order chi connectivity index (χ0) is 5.91. The van der Waals surface area contributed by atoms with Crippen LogP contribution in [0.4, 0.5) is 0 Å². The van der Waals surface area contributed by atoms with Gasteiger partial charge < -0.3 is 10.2 Å². The molecule has 0 aliphatic carbocycles. The smallest absolute Gasteiger partial charge is 0.178 e.